The minimum Gasteiger partial charge on any atom is -0.393 e. The molecule has 7 nitrogen and oxygen atoms in total. The molecule has 2 fully saturated rings. The Balaban J connectivity index is 1.34. The molecule has 1 aliphatic carbocycles. The number of piperazine rings is 1. The van der Waals surface area contributed by atoms with E-state index in [4.69, 9.17) is 4.98 Å². The Morgan fingerprint density at radius 1 is 0.952 bits per heavy atom. The van der Waals surface area contributed by atoms with Crippen molar-refractivity contribution in [2.45, 2.75) is 96.1 Å². The number of aliphatic hydroxyl groups excluding tert-OH is 1. The van der Waals surface area contributed by atoms with Gasteiger partial charge in [0.05, 0.1) is 6.10 Å². The lowest BCUT2D eigenvalue weighted by Crippen LogP contribution is -2.49. The Morgan fingerprint density at radius 3 is 2.26 bits per heavy atom. The predicted molar refractivity (Wildman–Crippen MR) is 162 cm³/mol. The molecule has 1 aromatic carbocycles. The van der Waals surface area contributed by atoms with Crippen LogP contribution in [0, 0.1) is 0 Å². The molecule has 230 valence electrons. The second-order valence-electron chi connectivity index (χ2n) is 12.3. The zero-order valence-electron chi connectivity index (χ0n) is 25.1. The van der Waals surface area contributed by atoms with E-state index in [0.717, 1.165) is 74.0 Å². The maximum atomic E-state index is 12.5. The normalized spacial score (nSPS) is 21.7. The van der Waals surface area contributed by atoms with E-state index in [1.807, 2.05) is 6.20 Å². The van der Waals surface area contributed by atoms with Gasteiger partial charge in [-0.05, 0) is 70.4 Å². The number of nitrogens with one attached hydrogen (secondary N) is 1. The molecule has 42 heavy (non-hydrogen) atoms. The van der Waals surface area contributed by atoms with Gasteiger partial charge in [0.15, 0.2) is 0 Å². The van der Waals surface area contributed by atoms with E-state index in [0.29, 0.717) is 31.0 Å². The zero-order chi connectivity index (χ0) is 29.9. The van der Waals surface area contributed by atoms with Crippen LogP contribution in [-0.4, -0.2) is 80.5 Å². The van der Waals surface area contributed by atoms with Crippen LogP contribution in [0.3, 0.4) is 0 Å². The first-order chi connectivity index (χ1) is 20.1. The van der Waals surface area contributed by atoms with E-state index >= 15 is 0 Å². The summed E-state index contributed by atoms with van der Waals surface area (Å²) >= 11 is 0. The van der Waals surface area contributed by atoms with Crippen LogP contribution in [0.25, 0.3) is 22.2 Å². The number of fused-ring (bicyclic) bond motifs is 1. The first-order valence-corrected chi connectivity index (χ1v) is 15.5. The van der Waals surface area contributed by atoms with Crippen molar-refractivity contribution < 1.29 is 18.3 Å². The number of halogens is 3. The van der Waals surface area contributed by atoms with Crippen LogP contribution in [0.2, 0.25) is 0 Å². The van der Waals surface area contributed by atoms with Gasteiger partial charge in [-0.2, -0.15) is 18.2 Å². The Labute approximate surface area is 247 Å². The van der Waals surface area contributed by atoms with Crippen molar-refractivity contribution in [2.75, 3.05) is 38.0 Å². The quantitative estimate of drug-likeness (QED) is 0.255. The summed E-state index contributed by atoms with van der Waals surface area (Å²) in [4.78, 5) is 14.5. The van der Waals surface area contributed by atoms with E-state index in [2.05, 4.69) is 75.9 Å². The molecule has 5 rings (SSSR count). The topological polar surface area (TPSA) is 69.5 Å². The fourth-order valence-corrected chi connectivity index (χ4v) is 6.40. The summed E-state index contributed by atoms with van der Waals surface area (Å²) in [7, 11) is 0. The number of nitrogens with zero attached hydrogens (tertiary/aromatic N) is 5. The summed E-state index contributed by atoms with van der Waals surface area (Å²) in [5, 5.41) is 14.2. The maximum Gasteiger partial charge on any atom is 0.389 e. The average Bonchev–Trinajstić information content (AvgIpc) is 3.35. The number of aliphatic hydroxyl groups is 1. The Morgan fingerprint density at radius 2 is 1.62 bits per heavy atom. The molecule has 1 aliphatic heterocycles. The molecule has 0 bridgehead atoms. The molecule has 0 amide bonds. The lowest BCUT2D eigenvalue weighted by Gasteiger charge is -2.40. The van der Waals surface area contributed by atoms with Gasteiger partial charge in [-0.25, -0.2) is 4.98 Å². The molecule has 3 heterocycles. The van der Waals surface area contributed by atoms with Crippen LogP contribution in [0.4, 0.5) is 19.1 Å². The summed E-state index contributed by atoms with van der Waals surface area (Å²) in [6.45, 7) is 11.5. The lowest BCUT2D eigenvalue weighted by atomic mass is 9.93. The highest BCUT2D eigenvalue weighted by Crippen LogP contribution is 2.37. The molecule has 1 saturated heterocycles. The van der Waals surface area contributed by atoms with Crippen LogP contribution < -0.4 is 5.32 Å². The summed E-state index contributed by atoms with van der Waals surface area (Å²) in [5.41, 5.74) is 4.29. The fraction of sp³-hybridized carbons (Fsp3) is 0.625. The minimum absolute atomic E-state index is 0.0758. The molecule has 1 atom stereocenters. The van der Waals surface area contributed by atoms with Crippen molar-refractivity contribution in [1.29, 1.82) is 0 Å². The van der Waals surface area contributed by atoms with Crippen molar-refractivity contribution in [1.82, 2.24) is 24.3 Å². The summed E-state index contributed by atoms with van der Waals surface area (Å²) in [6.07, 6.45) is 2.56. The van der Waals surface area contributed by atoms with Gasteiger partial charge in [-0.15, -0.1) is 0 Å². The monoisotopic (exact) mass is 586 g/mol. The molecule has 0 spiro atoms. The van der Waals surface area contributed by atoms with Gasteiger partial charge in [0, 0.05) is 80.6 Å². The molecule has 3 aromatic rings. The number of hydrogen-bond donors (Lipinski definition) is 2. The van der Waals surface area contributed by atoms with Gasteiger partial charge in [0.25, 0.3) is 0 Å². The third-order valence-corrected chi connectivity index (χ3v) is 9.13. The predicted octanol–water partition coefficient (Wildman–Crippen LogP) is 6.81. The summed E-state index contributed by atoms with van der Waals surface area (Å²) in [5.74, 6) is 0.429. The Bertz CT molecular complexity index is 1290. The smallest absolute Gasteiger partial charge is 0.389 e. The third-order valence-electron chi connectivity index (χ3n) is 9.13. The highest BCUT2D eigenvalue weighted by atomic mass is 19.4. The molecular weight excluding hydrogens is 541 g/mol. The zero-order valence-corrected chi connectivity index (χ0v) is 25.1. The average molecular weight is 587 g/mol. The van der Waals surface area contributed by atoms with Gasteiger partial charge in [-0.3, -0.25) is 9.80 Å². The van der Waals surface area contributed by atoms with Gasteiger partial charge >= 0.3 is 6.18 Å². The SMILES string of the molecule is CC(C)N1CCN([C@@H](C)c2ccc(-c3cn(C4CCC(O)CC4)c4nc(NCCCCC(F)(F)F)ncc34)cc2)CC1. The first-order valence-electron chi connectivity index (χ1n) is 15.5. The second kappa shape index (κ2) is 13.3. The van der Waals surface area contributed by atoms with Crippen LogP contribution in [0.1, 0.15) is 83.4 Å². The summed E-state index contributed by atoms with van der Waals surface area (Å²) in [6, 6.07) is 9.99. The van der Waals surface area contributed by atoms with Crippen LogP contribution in [0.15, 0.2) is 36.7 Å². The molecule has 10 heteroatoms. The minimum atomic E-state index is -4.13. The highest BCUT2D eigenvalue weighted by Gasteiger charge is 2.27. The lowest BCUT2D eigenvalue weighted by molar-refractivity contribution is -0.135. The van der Waals surface area contributed by atoms with E-state index in [1.54, 1.807) is 0 Å². The molecule has 0 unspecified atom stereocenters. The van der Waals surface area contributed by atoms with E-state index in [9.17, 15) is 18.3 Å². The van der Waals surface area contributed by atoms with Crippen molar-refractivity contribution >= 4 is 17.0 Å². The largest absolute Gasteiger partial charge is 0.393 e. The van der Waals surface area contributed by atoms with Crippen LogP contribution >= 0.6 is 0 Å². The van der Waals surface area contributed by atoms with Gasteiger partial charge in [0.1, 0.15) is 5.65 Å². The van der Waals surface area contributed by atoms with Crippen molar-refractivity contribution in [3.63, 3.8) is 0 Å². The van der Waals surface area contributed by atoms with Gasteiger partial charge in [-0.1, -0.05) is 24.3 Å². The molecule has 2 aliphatic rings. The standard InChI is InChI=1S/C32H45F3N6O/c1-22(2)39-16-18-40(19-17-39)23(3)24-6-8-25(9-7-24)29-21-41(26-10-12-27(42)13-11-26)30-28(29)20-37-31(38-30)36-15-5-4-14-32(33,34)35/h6-9,20-23,26-27,42H,4-5,10-19H2,1-3H3,(H,36,37,38)/t23-,26?,27?/m0/s1. The number of unbranched alkanes of at least 4 members (excludes halogenated alkanes) is 1. The number of alkyl halides is 3. The number of anilines is 1. The fourth-order valence-electron chi connectivity index (χ4n) is 6.40. The molecule has 1 saturated carbocycles. The molecule has 0 radical (unpaired) electrons. The Kier molecular flexibility index (Phi) is 9.74. The second-order valence-corrected chi connectivity index (χ2v) is 12.3. The van der Waals surface area contributed by atoms with Gasteiger partial charge in [0.2, 0.25) is 5.95 Å². The van der Waals surface area contributed by atoms with Crippen molar-refractivity contribution in [3.05, 3.63) is 42.2 Å². The van der Waals surface area contributed by atoms with Crippen LogP contribution in [-0.2, 0) is 0 Å². The first kappa shape index (κ1) is 30.8. The van der Waals surface area contributed by atoms with Crippen molar-refractivity contribution in [2.24, 2.45) is 0 Å². The highest BCUT2D eigenvalue weighted by molar-refractivity contribution is 5.94. The number of rotatable bonds is 10. The molecule has 2 aromatic heterocycles. The van der Waals surface area contributed by atoms with Crippen molar-refractivity contribution in [3.8, 4) is 11.1 Å². The number of benzene rings is 1. The Hall–Kier alpha value is -2.69. The van der Waals surface area contributed by atoms with E-state index in [1.165, 1.54) is 5.56 Å². The number of aromatic nitrogens is 3. The molecule has 2 N–H and O–H groups in total. The van der Waals surface area contributed by atoms with E-state index in [-0.39, 0.29) is 18.6 Å². The number of hydrogen-bond acceptors (Lipinski definition) is 6. The van der Waals surface area contributed by atoms with Gasteiger partial charge < -0.3 is 15.0 Å². The van der Waals surface area contributed by atoms with E-state index < -0.39 is 12.6 Å². The third kappa shape index (κ3) is 7.44. The maximum absolute atomic E-state index is 12.5. The molecular formula is C32H45F3N6O. The van der Waals surface area contributed by atoms with Crippen LogP contribution in [0.5, 0.6) is 0 Å². The summed E-state index contributed by atoms with van der Waals surface area (Å²) < 4.78 is 39.7.